The molecule has 0 aromatic heterocycles. The van der Waals surface area contributed by atoms with Crippen molar-refractivity contribution in [3.05, 3.63) is 12.7 Å². The van der Waals surface area contributed by atoms with Crippen LogP contribution in [0.1, 0.15) is 13.8 Å². The van der Waals surface area contributed by atoms with Crippen LogP contribution < -0.4 is 5.32 Å². The summed E-state index contributed by atoms with van der Waals surface area (Å²) in [6, 6.07) is -0.356. The standard InChI is InChI=1S/C9H14N2O2/c1-4-7(3)11-5-6(2)8(12)10-9(11)13/h4,6-7H,1,5H2,2-3H3,(H,10,12,13). The number of carbonyl (C=O) groups excluding carboxylic acids is 2. The molecule has 4 nitrogen and oxygen atoms in total. The fourth-order valence-corrected chi connectivity index (χ4v) is 1.24. The van der Waals surface area contributed by atoms with Crippen LogP contribution in [0.15, 0.2) is 12.7 Å². The highest BCUT2D eigenvalue weighted by Crippen LogP contribution is 2.11. The maximum atomic E-state index is 11.3. The molecule has 0 saturated carbocycles. The third kappa shape index (κ3) is 1.88. The topological polar surface area (TPSA) is 49.4 Å². The number of urea groups is 1. The van der Waals surface area contributed by atoms with Crippen LogP contribution in [0.4, 0.5) is 4.79 Å². The zero-order valence-corrected chi connectivity index (χ0v) is 7.91. The third-order valence-electron chi connectivity index (χ3n) is 2.24. The van der Waals surface area contributed by atoms with Gasteiger partial charge in [0.25, 0.3) is 0 Å². The van der Waals surface area contributed by atoms with E-state index in [0.29, 0.717) is 6.54 Å². The molecule has 0 aromatic carbocycles. The molecule has 72 valence electrons. The summed E-state index contributed by atoms with van der Waals surface area (Å²) in [5.41, 5.74) is 0. The number of carbonyl (C=O) groups is 2. The van der Waals surface area contributed by atoms with E-state index in [4.69, 9.17) is 0 Å². The van der Waals surface area contributed by atoms with Crippen molar-refractivity contribution < 1.29 is 9.59 Å². The Morgan fingerprint density at radius 1 is 1.69 bits per heavy atom. The second-order valence-corrected chi connectivity index (χ2v) is 3.32. The molecule has 1 rings (SSSR count). The van der Waals surface area contributed by atoms with Crippen molar-refractivity contribution in [2.24, 2.45) is 5.92 Å². The summed E-state index contributed by atoms with van der Waals surface area (Å²) >= 11 is 0. The molecule has 0 spiro atoms. The Morgan fingerprint density at radius 3 is 2.85 bits per heavy atom. The highest BCUT2D eigenvalue weighted by molar-refractivity contribution is 5.97. The zero-order valence-electron chi connectivity index (χ0n) is 7.91. The number of hydrogen-bond donors (Lipinski definition) is 1. The molecule has 1 aliphatic heterocycles. The lowest BCUT2D eigenvalue weighted by Gasteiger charge is -2.33. The molecular weight excluding hydrogens is 168 g/mol. The Morgan fingerprint density at radius 2 is 2.31 bits per heavy atom. The lowest BCUT2D eigenvalue weighted by molar-refractivity contribution is -0.125. The Balaban J connectivity index is 2.72. The molecule has 13 heavy (non-hydrogen) atoms. The van der Waals surface area contributed by atoms with Gasteiger partial charge >= 0.3 is 6.03 Å². The van der Waals surface area contributed by atoms with Crippen molar-refractivity contribution in [1.82, 2.24) is 10.2 Å². The molecule has 0 aromatic rings. The minimum Gasteiger partial charge on any atom is -0.318 e. The smallest absolute Gasteiger partial charge is 0.318 e. The molecule has 2 atom stereocenters. The fourth-order valence-electron chi connectivity index (χ4n) is 1.24. The first kappa shape index (κ1) is 9.77. The molecule has 2 unspecified atom stereocenters. The lowest BCUT2D eigenvalue weighted by Crippen LogP contribution is -2.56. The van der Waals surface area contributed by atoms with Gasteiger partial charge in [0.05, 0.1) is 5.92 Å². The van der Waals surface area contributed by atoms with E-state index in [1.54, 1.807) is 17.9 Å². The highest BCUT2D eigenvalue weighted by Gasteiger charge is 2.30. The van der Waals surface area contributed by atoms with E-state index >= 15 is 0 Å². The Kier molecular flexibility index (Phi) is 2.70. The van der Waals surface area contributed by atoms with Crippen LogP contribution in [0.3, 0.4) is 0 Å². The molecule has 0 aliphatic carbocycles. The molecule has 1 N–H and O–H groups in total. The predicted molar refractivity (Wildman–Crippen MR) is 49.1 cm³/mol. The van der Waals surface area contributed by atoms with Crippen molar-refractivity contribution >= 4 is 11.9 Å². The molecule has 4 heteroatoms. The lowest BCUT2D eigenvalue weighted by atomic mass is 10.1. The van der Waals surface area contributed by atoms with Crippen LogP contribution in [-0.2, 0) is 4.79 Å². The van der Waals surface area contributed by atoms with Crippen LogP contribution in [-0.4, -0.2) is 29.4 Å². The number of hydrogen-bond acceptors (Lipinski definition) is 2. The van der Waals surface area contributed by atoms with Crippen molar-refractivity contribution in [1.29, 1.82) is 0 Å². The summed E-state index contributed by atoms with van der Waals surface area (Å²) in [5, 5.41) is 2.29. The van der Waals surface area contributed by atoms with Crippen LogP contribution in [0.2, 0.25) is 0 Å². The summed E-state index contributed by atoms with van der Waals surface area (Å²) in [6.45, 7) is 7.74. The van der Waals surface area contributed by atoms with Crippen LogP contribution in [0.25, 0.3) is 0 Å². The van der Waals surface area contributed by atoms with Gasteiger partial charge in [0.2, 0.25) is 5.91 Å². The van der Waals surface area contributed by atoms with Gasteiger partial charge in [-0.15, -0.1) is 6.58 Å². The fraction of sp³-hybridized carbons (Fsp3) is 0.556. The summed E-state index contributed by atoms with van der Waals surface area (Å²) in [7, 11) is 0. The molecular formula is C9H14N2O2. The van der Waals surface area contributed by atoms with Crippen molar-refractivity contribution in [2.45, 2.75) is 19.9 Å². The summed E-state index contributed by atoms with van der Waals surface area (Å²) in [5.74, 6) is -0.336. The van der Waals surface area contributed by atoms with Gasteiger partial charge in [-0.3, -0.25) is 10.1 Å². The highest BCUT2D eigenvalue weighted by atomic mass is 16.2. The first-order valence-electron chi connectivity index (χ1n) is 4.30. The number of rotatable bonds is 2. The zero-order chi connectivity index (χ0) is 10.0. The third-order valence-corrected chi connectivity index (χ3v) is 2.24. The van der Waals surface area contributed by atoms with Crippen LogP contribution >= 0.6 is 0 Å². The second kappa shape index (κ2) is 3.60. The Bertz CT molecular complexity index is 250. The van der Waals surface area contributed by atoms with Gasteiger partial charge in [0.15, 0.2) is 0 Å². The number of imide groups is 1. The molecule has 0 radical (unpaired) electrons. The van der Waals surface area contributed by atoms with E-state index in [-0.39, 0.29) is 23.9 Å². The molecule has 1 fully saturated rings. The van der Waals surface area contributed by atoms with Gasteiger partial charge in [0, 0.05) is 12.6 Å². The maximum absolute atomic E-state index is 11.3. The van der Waals surface area contributed by atoms with E-state index in [1.807, 2.05) is 6.92 Å². The van der Waals surface area contributed by atoms with E-state index in [0.717, 1.165) is 0 Å². The summed E-state index contributed by atoms with van der Waals surface area (Å²) in [4.78, 5) is 24.0. The number of nitrogens with zero attached hydrogens (tertiary/aromatic N) is 1. The number of amides is 3. The van der Waals surface area contributed by atoms with E-state index in [2.05, 4.69) is 11.9 Å². The monoisotopic (exact) mass is 182 g/mol. The van der Waals surface area contributed by atoms with Crippen molar-refractivity contribution in [3.8, 4) is 0 Å². The van der Waals surface area contributed by atoms with Crippen molar-refractivity contribution in [2.75, 3.05) is 6.54 Å². The Hall–Kier alpha value is -1.32. The molecule has 3 amide bonds. The van der Waals surface area contributed by atoms with E-state index in [1.165, 1.54) is 0 Å². The first-order valence-corrected chi connectivity index (χ1v) is 4.30. The van der Waals surface area contributed by atoms with Crippen LogP contribution in [0, 0.1) is 5.92 Å². The maximum Gasteiger partial charge on any atom is 0.324 e. The Labute approximate surface area is 77.6 Å². The largest absolute Gasteiger partial charge is 0.324 e. The predicted octanol–water partition coefficient (Wildman–Crippen LogP) is 0.749. The van der Waals surface area contributed by atoms with E-state index < -0.39 is 0 Å². The van der Waals surface area contributed by atoms with Gasteiger partial charge in [-0.05, 0) is 6.92 Å². The quantitative estimate of drug-likeness (QED) is 0.640. The minimum absolute atomic E-state index is 0.0319. The minimum atomic E-state index is -0.324. The van der Waals surface area contributed by atoms with Gasteiger partial charge < -0.3 is 4.90 Å². The summed E-state index contributed by atoms with van der Waals surface area (Å²) < 4.78 is 0. The molecule has 0 bridgehead atoms. The first-order chi connectivity index (χ1) is 6.06. The second-order valence-electron chi connectivity index (χ2n) is 3.32. The number of nitrogens with one attached hydrogen (secondary N) is 1. The molecule has 1 saturated heterocycles. The normalized spacial score (nSPS) is 25.4. The summed E-state index contributed by atoms with van der Waals surface area (Å²) in [6.07, 6.45) is 1.68. The van der Waals surface area contributed by atoms with Gasteiger partial charge in [-0.25, -0.2) is 4.79 Å². The van der Waals surface area contributed by atoms with E-state index in [9.17, 15) is 9.59 Å². The van der Waals surface area contributed by atoms with Gasteiger partial charge in [-0.1, -0.05) is 13.0 Å². The average molecular weight is 182 g/mol. The van der Waals surface area contributed by atoms with Gasteiger partial charge in [0.1, 0.15) is 0 Å². The average Bonchev–Trinajstić information content (AvgIpc) is 2.10. The van der Waals surface area contributed by atoms with Crippen LogP contribution in [0.5, 0.6) is 0 Å². The SMILES string of the molecule is C=CC(C)N1CC(C)C(=O)NC1=O. The van der Waals surface area contributed by atoms with Crippen molar-refractivity contribution in [3.63, 3.8) is 0 Å². The van der Waals surface area contributed by atoms with Gasteiger partial charge in [-0.2, -0.15) is 0 Å². The molecule has 1 heterocycles. The molecule has 1 aliphatic rings.